The van der Waals surface area contributed by atoms with Gasteiger partial charge >= 0.3 is 6.18 Å². The Labute approximate surface area is 157 Å². The number of anilines is 1. The number of hydrogen-bond acceptors (Lipinski definition) is 3. The number of hydrogen-bond donors (Lipinski definition) is 1. The predicted molar refractivity (Wildman–Crippen MR) is 95.9 cm³/mol. The largest absolute Gasteiger partial charge is 0.416 e. The molecule has 1 aromatic heterocycles. The van der Waals surface area contributed by atoms with Crippen molar-refractivity contribution in [3.8, 4) is 23.0 Å². The summed E-state index contributed by atoms with van der Waals surface area (Å²) in [7, 11) is 0. The van der Waals surface area contributed by atoms with Crippen molar-refractivity contribution >= 4 is 17.4 Å². The fraction of sp³-hybridized carbons (Fsp3) is 0.158. The third-order valence-corrected chi connectivity index (χ3v) is 4.77. The fourth-order valence-electron chi connectivity index (χ4n) is 3.14. The van der Waals surface area contributed by atoms with Crippen molar-refractivity contribution in [2.45, 2.75) is 12.6 Å². The molecule has 0 amide bonds. The van der Waals surface area contributed by atoms with Gasteiger partial charge in [0.1, 0.15) is 5.82 Å². The Kier molecular flexibility index (Phi) is 4.08. The van der Waals surface area contributed by atoms with E-state index in [4.69, 9.17) is 16.9 Å². The van der Waals surface area contributed by atoms with Crippen molar-refractivity contribution in [1.82, 2.24) is 9.78 Å². The van der Waals surface area contributed by atoms with Crippen LogP contribution in [0.4, 0.5) is 19.0 Å². The van der Waals surface area contributed by atoms with Crippen LogP contribution in [0.3, 0.4) is 0 Å². The second-order valence-electron chi connectivity index (χ2n) is 6.12. The molecule has 0 unspecified atom stereocenters. The van der Waals surface area contributed by atoms with Gasteiger partial charge in [-0.05, 0) is 48.9 Å². The van der Waals surface area contributed by atoms with Crippen LogP contribution in [0.2, 0.25) is 5.02 Å². The number of nitrogens with zero attached hydrogens (tertiary/aromatic N) is 3. The van der Waals surface area contributed by atoms with Crippen molar-refractivity contribution < 1.29 is 13.2 Å². The number of nitrogens with one attached hydrogen (secondary N) is 1. The molecule has 3 aromatic rings. The molecular weight excluding hydrogens is 377 g/mol. The zero-order valence-corrected chi connectivity index (χ0v) is 14.6. The molecule has 27 heavy (non-hydrogen) atoms. The zero-order chi connectivity index (χ0) is 19.2. The van der Waals surface area contributed by atoms with Crippen molar-refractivity contribution in [1.29, 1.82) is 5.26 Å². The van der Waals surface area contributed by atoms with Crippen molar-refractivity contribution in [2.24, 2.45) is 0 Å². The summed E-state index contributed by atoms with van der Waals surface area (Å²) < 4.78 is 41.0. The Bertz CT molecular complexity index is 1060. The first-order valence-electron chi connectivity index (χ1n) is 8.12. The van der Waals surface area contributed by atoms with Gasteiger partial charge in [-0.25, -0.2) is 4.68 Å². The molecule has 1 aliphatic heterocycles. The van der Waals surface area contributed by atoms with Crippen LogP contribution in [-0.4, -0.2) is 16.3 Å². The summed E-state index contributed by atoms with van der Waals surface area (Å²) in [6.45, 7) is 0.660. The van der Waals surface area contributed by atoms with Crippen LogP contribution < -0.4 is 5.32 Å². The number of alkyl halides is 3. The molecule has 0 atom stereocenters. The number of aromatic nitrogens is 2. The molecular formula is C19H12ClF3N4. The molecule has 8 heteroatoms. The number of benzene rings is 2. The van der Waals surface area contributed by atoms with E-state index in [1.807, 2.05) is 6.07 Å². The normalized spacial score (nSPS) is 13.1. The lowest BCUT2D eigenvalue weighted by atomic mass is 10.0. The van der Waals surface area contributed by atoms with Crippen LogP contribution in [0.1, 0.15) is 16.7 Å². The van der Waals surface area contributed by atoms with Crippen LogP contribution in [0.15, 0.2) is 42.5 Å². The lowest BCUT2D eigenvalue weighted by Gasteiger charge is -2.10. The van der Waals surface area contributed by atoms with Gasteiger partial charge in [-0.15, -0.1) is 0 Å². The van der Waals surface area contributed by atoms with Gasteiger partial charge in [0.25, 0.3) is 0 Å². The highest BCUT2D eigenvalue weighted by Crippen LogP contribution is 2.40. The van der Waals surface area contributed by atoms with Crippen LogP contribution in [0, 0.1) is 11.3 Å². The van der Waals surface area contributed by atoms with E-state index in [2.05, 4.69) is 10.4 Å². The summed E-state index contributed by atoms with van der Waals surface area (Å²) >= 11 is 6.20. The zero-order valence-electron chi connectivity index (χ0n) is 13.8. The van der Waals surface area contributed by atoms with E-state index in [9.17, 15) is 13.2 Å². The van der Waals surface area contributed by atoms with Crippen LogP contribution >= 0.6 is 11.6 Å². The molecule has 0 saturated heterocycles. The van der Waals surface area contributed by atoms with Crippen LogP contribution in [0.5, 0.6) is 0 Å². The van der Waals surface area contributed by atoms with Gasteiger partial charge < -0.3 is 5.32 Å². The molecule has 4 nitrogen and oxygen atoms in total. The lowest BCUT2D eigenvalue weighted by molar-refractivity contribution is -0.137. The highest BCUT2D eigenvalue weighted by atomic mass is 35.5. The maximum atomic E-state index is 13.1. The Morgan fingerprint density at radius 3 is 2.56 bits per heavy atom. The second kappa shape index (κ2) is 6.32. The third-order valence-electron chi connectivity index (χ3n) is 4.44. The van der Waals surface area contributed by atoms with Gasteiger partial charge in [-0.1, -0.05) is 11.6 Å². The number of fused-ring (bicyclic) bond motifs is 1. The van der Waals surface area contributed by atoms with Crippen molar-refractivity contribution in [3.05, 3.63) is 64.2 Å². The van der Waals surface area contributed by atoms with Gasteiger partial charge in [0.15, 0.2) is 0 Å². The maximum Gasteiger partial charge on any atom is 0.416 e. The van der Waals surface area contributed by atoms with Gasteiger partial charge in [0, 0.05) is 17.7 Å². The monoisotopic (exact) mass is 388 g/mol. The number of rotatable bonds is 2. The smallest absolute Gasteiger partial charge is 0.369 e. The minimum Gasteiger partial charge on any atom is -0.369 e. The molecule has 2 aromatic carbocycles. The predicted octanol–water partition coefficient (Wildman–Crippen LogP) is 5.05. The summed E-state index contributed by atoms with van der Waals surface area (Å²) in [5.74, 6) is 0.725. The molecule has 0 spiro atoms. The molecule has 0 bridgehead atoms. The summed E-state index contributed by atoms with van der Waals surface area (Å²) in [4.78, 5) is 0. The molecule has 0 fully saturated rings. The van der Waals surface area contributed by atoms with Crippen LogP contribution in [-0.2, 0) is 12.6 Å². The average molecular weight is 389 g/mol. The molecule has 0 saturated carbocycles. The topological polar surface area (TPSA) is 53.6 Å². The average Bonchev–Trinajstić information content (AvgIpc) is 3.24. The summed E-state index contributed by atoms with van der Waals surface area (Å²) in [6, 6.07) is 12.1. The van der Waals surface area contributed by atoms with E-state index >= 15 is 0 Å². The molecule has 0 aliphatic carbocycles. The number of halogens is 4. The van der Waals surface area contributed by atoms with Gasteiger partial charge in [-0.2, -0.15) is 23.5 Å². The van der Waals surface area contributed by atoms with E-state index < -0.39 is 11.7 Å². The van der Waals surface area contributed by atoms with Crippen molar-refractivity contribution in [3.63, 3.8) is 0 Å². The van der Waals surface area contributed by atoms with E-state index in [0.717, 1.165) is 23.5 Å². The van der Waals surface area contributed by atoms with Gasteiger partial charge in [0.2, 0.25) is 0 Å². The van der Waals surface area contributed by atoms with E-state index in [1.165, 1.54) is 6.07 Å². The maximum absolute atomic E-state index is 13.1. The SMILES string of the molecule is N#Cc1ccc(-n2nc(-c3cc(C(F)(F)F)ccc3Cl)c3c2NCC3)cc1. The molecule has 4 rings (SSSR count). The first kappa shape index (κ1) is 17.4. The fourth-order valence-corrected chi connectivity index (χ4v) is 3.35. The minimum absolute atomic E-state index is 0.210. The summed E-state index contributed by atoms with van der Waals surface area (Å²) in [5.41, 5.74) is 1.94. The Morgan fingerprint density at radius 1 is 1.15 bits per heavy atom. The molecule has 1 N–H and O–H groups in total. The minimum atomic E-state index is -4.46. The standard InChI is InChI=1S/C19H12ClF3N4/c20-16-6-3-12(19(21,22)23)9-15(16)17-14-7-8-25-18(14)27(26-17)13-4-1-11(10-24)2-5-13/h1-6,9,25H,7-8H2. The lowest BCUT2D eigenvalue weighted by Crippen LogP contribution is -2.06. The van der Waals surface area contributed by atoms with Crippen molar-refractivity contribution in [2.75, 3.05) is 11.9 Å². The van der Waals surface area contributed by atoms with E-state index in [1.54, 1.807) is 28.9 Å². The quantitative estimate of drug-likeness (QED) is 0.668. The Morgan fingerprint density at radius 2 is 1.89 bits per heavy atom. The molecule has 136 valence electrons. The molecule has 0 radical (unpaired) electrons. The van der Waals surface area contributed by atoms with E-state index in [-0.39, 0.29) is 10.6 Å². The molecule has 1 aliphatic rings. The van der Waals surface area contributed by atoms with Gasteiger partial charge in [-0.3, -0.25) is 0 Å². The molecule has 2 heterocycles. The Balaban J connectivity index is 1.87. The van der Waals surface area contributed by atoms with E-state index in [0.29, 0.717) is 29.9 Å². The first-order chi connectivity index (χ1) is 12.9. The second-order valence-corrected chi connectivity index (χ2v) is 6.52. The highest BCUT2D eigenvalue weighted by molar-refractivity contribution is 6.33. The summed E-state index contributed by atoms with van der Waals surface area (Å²) in [5, 5.41) is 16.9. The highest BCUT2D eigenvalue weighted by Gasteiger charge is 2.32. The first-order valence-corrected chi connectivity index (χ1v) is 8.49. The number of nitriles is 1. The van der Waals surface area contributed by atoms with Gasteiger partial charge in [0.05, 0.1) is 33.6 Å². The Hall–Kier alpha value is -2.98. The summed E-state index contributed by atoms with van der Waals surface area (Å²) in [6.07, 6.45) is -3.83. The third kappa shape index (κ3) is 3.02. The van der Waals surface area contributed by atoms with Crippen LogP contribution in [0.25, 0.3) is 16.9 Å².